The maximum Gasteiger partial charge on any atom is 0.315 e. The summed E-state index contributed by atoms with van der Waals surface area (Å²) < 4.78 is 127. The van der Waals surface area contributed by atoms with Gasteiger partial charge in [-0.2, -0.15) is 49.0 Å². The second kappa shape index (κ2) is 7.35. The van der Waals surface area contributed by atoms with E-state index < -0.39 is 79.6 Å². The Labute approximate surface area is 172 Å². The lowest BCUT2D eigenvalue weighted by Gasteiger charge is -2.18. The van der Waals surface area contributed by atoms with Crippen molar-refractivity contribution in [1.82, 2.24) is 15.0 Å². The van der Waals surface area contributed by atoms with E-state index in [9.17, 15) is 47.7 Å². The van der Waals surface area contributed by atoms with E-state index >= 15 is 0 Å². The van der Waals surface area contributed by atoms with Crippen LogP contribution in [-0.2, 0) is 30.4 Å². The molecule has 0 aliphatic heterocycles. The van der Waals surface area contributed by atoms with Crippen LogP contribution in [-0.4, -0.2) is 53.9 Å². The summed E-state index contributed by atoms with van der Waals surface area (Å²) in [5, 5.41) is 0.822. The van der Waals surface area contributed by atoms with Crippen LogP contribution >= 0.6 is 0 Å². The van der Waals surface area contributed by atoms with Gasteiger partial charge in [0, 0.05) is 10.8 Å². The molecular formula is C13H8F2N4O9S3. The molecule has 0 atom stereocenters. The molecule has 18 heteroatoms. The second-order valence-electron chi connectivity index (χ2n) is 5.66. The van der Waals surface area contributed by atoms with Crippen LogP contribution < -0.4 is 5.32 Å². The molecule has 1 aromatic heterocycles. The fourth-order valence-electron chi connectivity index (χ4n) is 2.71. The molecule has 31 heavy (non-hydrogen) atoms. The Morgan fingerprint density at radius 3 is 1.58 bits per heavy atom. The Morgan fingerprint density at radius 2 is 1.13 bits per heavy atom. The number of anilines is 2. The van der Waals surface area contributed by atoms with E-state index in [1.807, 2.05) is 5.32 Å². The summed E-state index contributed by atoms with van der Waals surface area (Å²) in [7, 11) is -17.0. The lowest BCUT2D eigenvalue weighted by atomic mass is 10.1. The zero-order valence-corrected chi connectivity index (χ0v) is 16.9. The van der Waals surface area contributed by atoms with E-state index in [1.54, 1.807) is 0 Å². The smallest absolute Gasteiger partial charge is 0.315 e. The van der Waals surface area contributed by atoms with Gasteiger partial charge in [0.1, 0.15) is 14.7 Å². The van der Waals surface area contributed by atoms with E-state index in [1.165, 1.54) is 6.07 Å². The van der Waals surface area contributed by atoms with Crippen molar-refractivity contribution < 1.29 is 47.7 Å². The average molecular weight is 498 g/mol. The Morgan fingerprint density at radius 1 is 0.677 bits per heavy atom. The van der Waals surface area contributed by atoms with Crippen LogP contribution in [0.5, 0.6) is 0 Å². The lowest BCUT2D eigenvalue weighted by Crippen LogP contribution is -2.18. The molecule has 0 unspecified atom stereocenters. The predicted octanol–water partition coefficient (Wildman–Crippen LogP) is 0.787. The highest BCUT2D eigenvalue weighted by Crippen LogP contribution is 2.42. The molecule has 0 aliphatic carbocycles. The number of nitrogens with one attached hydrogen (secondary N) is 1. The highest BCUT2D eigenvalue weighted by molar-refractivity contribution is 7.90. The molecular weight excluding hydrogens is 490 g/mol. The van der Waals surface area contributed by atoms with Crippen LogP contribution in [0.15, 0.2) is 39.0 Å². The molecule has 0 saturated heterocycles. The Hall–Kier alpha value is -2.90. The Bertz CT molecular complexity index is 1540. The zero-order chi connectivity index (χ0) is 23.4. The number of hydrogen-bond donors (Lipinski definition) is 4. The molecule has 0 fully saturated rings. The topological polar surface area (TPSA) is 214 Å². The SMILES string of the molecule is O=S(=O)(O)c1c(S(=O)(=O)O)c(S(=O)(=O)O)c2ccccc2c1Nc1nc(F)nc(F)n1. The van der Waals surface area contributed by atoms with Gasteiger partial charge in [-0.25, -0.2) is 0 Å². The largest absolute Gasteiger partial charge is 0.322 e. The van der Waals surface area contributed by atoms with Gasteiger partial charge in [-0.05, 0) is 0 Å². The van der Waals surface area contributed by atoms with E-state index in [0.29, 0.717) is 0 Å². The zero-order valence-electron chi connectivity index (χ0n) is 14.4. The van der Waals surface area contributed by atoms with Crippen molar-refractivity contribution in [3.05, 3.63) is 36.4 Å². The molecule has 0 radical (unpaired) electrons. The molecule has 0 saturated carbocycles. The minimum absolute atomic E-state index is 0.489. The van der Waals surface area contributed by atoms with Gasteiger partial charge >= 0.3 is 12.2 Å². The highest BCUT2D eigenvalue weighted by atomic mass is 32.2. The summed E-state index contributed by atoms with van der Waals surface area (Å²) in [5.74, 6) is -1.01. The van der Waals surface area contributed by atoms with Crippen LogP contribution in [0.2, 0.25) is 0 Å². The molecule has 13 nitrogen and oxygen atoms in total. The molecule has 166 valence electrons. The fraction of sp³-hybridized carbons (Fsp3) is 0. The van der Waals surface area contributed by atoms with Gasteiger partial charge < -0.3 is 5.32 Å². The third-order valence-corrected chi connectivity index (χ3v) is 6.72. The standard InChI is InChI=1S/C13H8F2N4O9S3/c14-11-17-12(15)19-13(18-11)16-7-5-3-1-2-4-6(5)8(29(20,21)22)10(31(26,27)28)9(7)30(23,24)25/h1-4H,(H,20,21,22)(H,23,24,25)(H,26,27,28)(H,16,17,18,19). The minimum atomic E-state index is -5.77. The molecule has 0 bridgehead atoms. The lowest BCUT2D eigenvalue weighted by molar-refractivity contribution is 0.456. The van der Waals surface area contributed by atoms with Gasteiger partial charge in [-0.15, -0.1) is 0 Å². The van der Waals surface area contributed by atoms with Crippen LogP contribution in [0.4, 0.5) is 20.4 Å². The fourth-order valence-corrected chi connectivity index (χ4v) is 6.27. The van der Waals surface area contributed by atoms with E-state index in [0.717, 1.165) is 18.2 Å². The Kier molecular flexibility index (Phi) is 5.40. The minimum Gasteiger partial charge on any atom is -0.322 e. The molecule has 2 aromatic carbocycles. The van der Waals surface area contributed by atoms with E-state index in [-0.39, 0.29) is 0 Å². The average Bonchev–Trinajstić information content (AvgIpc) is 2.57. The predicted molar refractivity (Wildman–Crippen MR) is 96.4 cm³/mol. The van der Waals surface area contributed by atoms with Crippen molar-refractivity contribution in [2.75, 3.05) is 5.32 Å². The summed E-state index contributed by atoms with van der Waals surface area (Å²) in [6.07, 6.45) is -3.34. The van der Waals surface area contributed by atoms with Crippen LogP contribution in [0.3, 0.4) is 0 Å². The van der Waals surface area contributed by atoms with Gasteiger partial charge in [0.15, 0.2) is 0 Å². The summed E-state index contributed by atoms with van der Waals surface area (Å²) in [6.45, 7) is 0. The third kappa shape index (κ3) is 4.43. The molecule has 4 N–H and O–H groups in total. The quantitative estimate of drug-likeness (QED) is 0.358. The first-order chi connectivity index (χ1) is 14.1. The molecule has 3 rings (SSSR count). The van der Waals surface area contributed by atoms with Crippen LogP contribution in [0, 0.1) is 12.2 Å². The molecule has 0 aliphatic rings. The van der Waals surface area contributed by atoms with Crippen molar-refractivity contribution in [3.63, 3.8) is 0 Å². The van der Waals surface area contributed by atoms with Gasteiger partial charge in [0.2, 0.25) is 5.95 Å². The normalized spacial score (nSPS) is 12.8. The molecule has 1 heterocycles. The first-order valence-corrected chi connectivity index (χ1v) is 11.8. The maximum absolute atomic E-state index is 13.3. The van der Waals surface area contributed by atoms with Gasteiger partial charge in [-0.1, -0.05) is 24.3 Å². The van der Waals surface area contributed by atoms with Crippen LogP contribution in [0.25, 0.3) is 10.8 Å². The first kappa shape index (κ1) is 22.8. The van der Waals surface area contributed by atoms with Crippen LogP contribution in [0.1, 0.15) is 0 Å². The second-order valence-corrected chi connectivity index (χ2v) is 9.73. The molecule has 0 spiro atoms. The summed E-state index contributed by atoms with van der Waals surface area (Å²) in [5.41, 5.74) is -0.983. The van der Waals surface area contributed by atoms with Crippen molar-refractivity contribution in [1.29, 1.82) is 0 Å². The van der Waals surface area contributed by atoms with Gasteiger partial charge in [0.05, 0.1) is 5.69 Å². The maximum atomic E-state index is 13.3. The molecule has 3 aromatic rings. The van der Waals surface area contributed by atoms with Crippen molar-refractivity contribution in [2.24, 2.45) is 0 Å². The van der Waals surface area contributed by atoms with Crippen molar-refractivity contribution in [2.45, 2.75) is 14.7 Å². The number of benzene rings is 2. The summed E-state index contributed by atoms with van der Waals surface area (Å²) in [4.78, 5) is 3.40. The monoisotopic (exact) mass is 498 g/mol. The van der Waals surface area contributed by atoms with Gasteiger partial charge in [0.25, 0.3) is 30.4 Å². The first-order valence-electron chi connectivity index (χ1n) is 7.46. The highest BCUT2D eigenvalue weighted by Gasteiger charge is 2.38. The summed E-state index contributed by atoms with van der Waals surface area (Å²) in [6, 6.07) is 4.28. The van der Waals surface area contributed by atoms with E-state index in [4.69, 9.17) is 0 Å². The number of fused-ring (bicyclic) bond motifs is 1. The molecule has 0 amide bonds. The third-order valence-electron chi connectivity index (χ3n) is 3.67. The summed E-state index contributed by atoms with van der Waals surface area (Å²) >= 11 is 0. The number of rotatable bonds is 5. The number of aromatic nitrogens is 3. The van der Waals surface area contributed by atoms with Crippen molar-refractivity contribution >= 4 is 52.8 Å². The Balaban J connectivity index is 2.65. The number of hydrogen-bond acceptors (Lipinski definition) is 10. The van der Waals surface area contributed by atoms with Gasteiger partial charge in [-0.3, -0.25) is 13.7 Å². The number of halogens is 2. The van der Waals surface area contributed by atoms with Crippen molar-refractivity contribution in [3.8, 4) is 0 Å². The van der Waals surface area contributed by atoms with E-state index in [2.05, 4.69) is 15.0 Å². The number of nitrogens with zero attached hydrogens (tertiary/aromatic N) is 3.